The summed E-state index contributed by atoms with van der Waals surface area (Å²) in [5.41, 5.74) is 2.38. The van der Waals surface area contributed by atoms with Gasteiger partial charge in [-0.05, 0) is 29.9 Å². The number of esters is 1. The molecule has 1 aromatic rings. The van der Waals surface area contributed by atoms with E-state index in [1.54, 1.807) is 0 Å². The molecule has 0 amide bonds. The van der Waals surface area contributed by atoms with Crippen molar-refractivity contribution in [3.8, 4) is 0 Å². The highest BCUT2D eigenvalue weighted by atomic mass is 16.5. The summed E-state index contributed by atoms with van der Waals surface area (Å²) in [7, 11) is 0. The fraction of sp³-hybridized carbons (Fsp3) is 0.500. The van der Waals surface area contributed by atoms with Crippen molar-refractivity contribution in [1.82, 2.24) is 0 Å². The minimum Gasteiger partial charge on any atom is -0.461 e. The average Bonchev–Trinajstić information content (AvgIpc) is 3.10. The molecule has 2 rings (SSSR count). The first-order chi connectivity index (χ1) is 7.66. The van der Waals surface area contributed by atoms with Gasteiger partial charge in [0.05, 0.1) is 5.92 Å². The highest BCUT2D eigenvalue weighted by Crippen LogP contribution is 2.30. The molecule has 0 aliphatic heterocycles. The summed E-state index contributed by atoms with van der Waals surface area (Å²) in [6.45, 7) is 4.74. The summed E-state index contributed by atoms with van der Waals surface area (Å²) in [5.74, 6) is 0.669. The van der Waals surface area contributed by atoms with E-state index in [1.165, 1.54) is 5.56 Å². The van der Waals surface area contributed by atoms with Gasteiger partial charge in [0, 0.05) is 0 Å². The smallest absolute Gasteiger partial charge is 0.309 e. The molecule has 2 nitrogen and oxygen atoms in total. The third-order valence-corrected chi connectivity index (χ3v) is 2.91. The molecule has 16 heavy (non-hydrogen) atoms. The van der Waals surface area contributed by atoms with Gasteiger partial charge in [-0.3, -0.25) is 4.79 Å². The summed E-state index contributed by atoms with van der Waals surface area (Å²) in [5, 5.41) is 0. The van der Waals surface area contributed by atoms with Gasteiger partial charge in [-0.2, -0.15) is 0 Å². The Morgan fingerprint density at radius 3 is 2.81 bits per heavy atom. The molecule has 1 aliphatic carbocycles. The first kappa shape index (κ1) is 11.2. The molecule has 0 heterocycles. The second-order valence-corrected chi connectivity index (χ2v) is 4.78. The normalized spacial score (nSPS) is 15.2. The van der Waals surface area contributed by atoms with E-state index in [2.05, 4.69) is 26.0 Å². The molecule has 1 fully saturated rings. The second kappa shape index (κ2) is 4.69. The molecule has 0 unspecified atom stereocenters. The van der Waals surface area contributed by atoms with Gasteiger partial charge in [-0.25, -0.2) is 0 Å². The lowest BCUT2D eigenvalue weighted by Crippen LogP contribution is -2.06. The van der Waals surface area contributed by atoms with Crippen molar-refractivity contribution in [2.75, 3.05) is 0 Å². The maximum Gasteiger partial charge on any atom is 0.309 e. The molecule has 1 aromatic carbocycles. The molecule has 0 aromatic heterocycles. The number of hydrogen-bond acceptors (Lipinski definition) is 2. The fourth-order valence-corrected chi connectivity index (χ4v) is 1.63. The quantitative estimate of drug-likeness (QED) is 0.725. The molecule has 86 valence electrons. The zero-order chi connectivity index (χ0) is 11.5. The SMILES string of the molecule is CC(C)c1cccc(COC(=O)C2CC2)c1. The van der Waals surface area contributed by atoms with Crippen LogP contribution in [0.25, 0.3) is 0 Å². The van der Waals surface area contributed by atoms with Crippen LogP contribution in [-0.4, -0.2) is 5.97 Å². The van der Waals surface area contributed by atoms with Gasteiger partial charge in [0.15, 0.2) is 0 Å². The van der Waals surface area contributed by atoms with Gasteiger partial charge < -0.3 is 4.74 Å². The van der Waals surface area contributed by atoms with Gasteiger partial charge in [0.2, 0.25) is 0 Å². The Balaban J connectivity index is 1.92. The number of benzene rings is 1. The predicted octanol–water partition coefficient (Wildman–Crippen LogP) is 3.26. The number of hydrogen-bond donors (Lipinski definition) is 0. The van der Waals surface area contributed by atoms with Gasteiger partial charge in [-0.1, -0.05) is 38.1 Å². The minimum atomic E-state index is -0.0325. The van der Waals surface area contributed by atoms with Gasteiger partial charge in [0.25, 0.3) is 0 Å². The van der Waals surface area contributed by atoms with E-state index in [9.17, 15) is 4.79 Å². The molecule has 0 bridgehead atoms. The topological polar surface area (TPSA) is 26.3 Å². The Morgan fingerprint density at radius 1 is 1.44 bits per heavy atom. The Labute approximate surface area is 96.6 Å². The molecular formula is C14H18O2. The number of rotatable bonds is 4. The Hall–Kier alpha value is -1.31. The third-order valence-electron chi connectivity index (χ3n) is 2.91. The molecule has 1 saturated carbocycles. The minimum absolute atomic E-state index is 0.0325. The first-order valence-electron chi connectivity index (χ1n) is 5.92. The van der Waals surface area contributed by atoms with Crippen LogP contribution in [0.2, 0.25) is 0 Å². The molecule has 0 N–H and O–H groups in total. The van der Waals surface area contributed by atoms with Crippen molar-refractivity contribution >= 4 is 5.97 Å². The summed E-state index contributed by atoms with van der Waals surface area (Å²) < 4.78 is 5.25. The number of carbonyl (C=O) groups excluding carboxylic acids is 1. The summed E-state index contributed by atoms with van der Waals surface area (Å²) in [6.07, 6.45) is 2.01. The van der Waals surface area contributed by atoms with Crippen LogP contribution in [0, 0.1) is 5.92 Å². The van der Waals surface area contributed by atoms with Crippen LogP contribution in [0.3, 0.4) is 0 Å². The van der Waals surface area contributed by atoms with E-state index in [0.29, 0.717) is 12.5 Å². The Kier molecular flexibility index (Phi) is 3.28. The maximum atomic E-state index is 11.4. The van der Waals surface area contributed by atoms with Crippen LogP contribution in [0.1, 0.15) is 43.7 Å². The number of carbonyl (C=O) groups is 1. The largest absolute Gasteiger partial charge is 0.461 e. The van der Waals surface area contributed by atoms with Crippen LogP contribution in [-0.2, 0) is 16.1 Å². The summed E-state index contributed by atoms with van der Waals surface area (Å²) in [6, 6.07) is 8.25. The number of ether oxygens (including phenoxy) is 1. The van der Waals surface area contributed by atoms with E-state index in [4.69, 9.17) is 4.74 Å². The first-order valence-corrected chi connectivity index (χ1v) is 5.92. The second-order valence-electron chi connectivity index (χ2n) is 4.78. The van der Waals surface area contributed by atoms with Crippen LogP contribution in [0.4, 0.5) is 0 Å². The van der Waals surface area contributed by atoms with E-state index in [1.807, 2.05) is 12.1 Å². The van der Waals surface area contributed by atoms with E-state index >= 15 is 0 Å². The van der Waals surface area contributed by atoms with Crippen LogP contribution < -0.4 is 0 Å². The van der Waals surface area contributed by atoms with E-state index in [0.717, 1.165) is 18.4 Å². The van der Waals surface area contributed by atoms with E-state index in [-0.39, 0.29) is 11.9 Å². The van der Waals surface area contributed by atoms with Gasteiger partial charge >= 0.3 is 5.97 Å². The van der Waals surface area contributed by atoms with Crippen LogP contribution >= 0.6 is 0 Å². The molecular weight excluding hydrogens is 200 g/mol. The van der Waals surface area contributed by atoms with E-state index < -0.39 is 0 Å². The fourth-order valence-electron chi connectivity index (χ4n) is 1.63. The summed E-state index contributed by atoms with van der Waals surface area (Å²) >= 11 is 0. The zero-order valence-electron chi connectivity index (χ0n) is 9.90. The highest BCUT2D eigenvalue weighted by Gasteiger charge is 2.31. The lowest BCUT2D eigenvalue weighted by molar-refractivity contribution is -0.146. The Morgan fingerprint density at radius 2 is 2.19 bits per heavy atom. The summed E-state index contributed by atoms with van der Waals surface area (Å²) in [4.78, 5) is 11.4. The molecule has 0 saturated heterocycles. The molecule has 1 aliphatic rings. The van der Waals surface area contributed by atoms with Crippen molar-refractivity contribution in [2.24, 2.45) is 5.92 Å². The third kappa shape index (κ3) is 2.84. The van der Waals surface area contributed by atoms with Crippen molar-refractivity contribution < 1.29 is 9.53 Å². The molecule has 0 atom stereocenters. The van der Waals surface area contributed by atoms with Crippen molar-refractivity contribution in [3.05, 3.63) is 35.4 Å². The average molecular weight is 218 g/mol. The lowest BCUT2D eigenvalue weighted by atomic mass is 10.0. The lowest BCUT2D eigenvalue weighted by Gasteiger charge is -2.08. The molecule has 2 heteroatoms. The van der Waals surface area contributed by atoms with Crippen molar-refractivity contribution in [2.45, 2.75) is 39.2 Å². The molecule has 0 radical (unpaired) electrons. The Bertz CT molecular complexity index is 378. The predicted molar refractivity (Wildman–Crippen MR) is 63.1 cm³/mol. The van der Waals surface area contributed by atoms with Crippen LogP contribution in [0.5, 0.6) is 0 Å². The highest BCUT2D eigenvalue weighted by molar-refractivity contribution is 5.74. The van der Waals surface area contributed by atoms with Gasteiger partial charge in [-0.15, -0.1) is 0 Å². The van der Waals surface area contributed by atoms with Gasteiger partial charge in [0.1, 0.15) is 6.61 Å². The maximum absolute atomic E-state index is 11.4. The van der Waals surface area contributed by atoms with Crippen LogP contribution in [0.15, 0.2) is 24.3 Å². The van der Waals surface area contributed by atoms with Crippen molar-refractivity contribution in [1.29, 1.82) is 0 Å². The van der Waals surface area contributed by atoms with Crippen molar-refractivity contribution in [3.63, 3.8) is 0 Å². The monoisotopic (exact) mass is 218 g/mol. The molecule has 0 spiro atoms. The standard InChI is InChI=1S/C14H18O2/c1-10(2)13-5-3-4-11(8-13)9-16-14(15)12-6-7-12/h3-5,8,10,12H,6-7,9H2,1-2H3. The zero-order valence-corrected chi connectivity index (χ0v) is 9.90.